The molecule has 20 rings (SSSR count). The molecule has 12 aliphatic carbocycles. The van der Waals surface area contributed by atoms with E-state index in [1.165, 1.54) is 38.5 Å². The Labute approximate surface area is 280 Å². The first-order valence-electron chi connectivity index (χ1n) is 19.7. The van der Waals surface area contributed by atoms with Crippen LogP contribution in [0.2, 0.25) is 0 Å². The van der Waals surface area contributed by atoms with E-state index in [0.717, 1.165) is 12.3 Å². The molecule has 0 saturated heterocycles. The van der Waals surface area contributed by atoms with Crippen LogP contribution in [0.4, 0.5) is 0 Å². The highest BCUT2D eigenvalue weighted by atomic mass is 14.8. The summed E-state index contributed by atoms with van der Waals surface area (Å²) in [6.07, 6.45) is 14.7. The van der Waals surface area contributed by atoms with Crippen LogP contribution in [0.3, 0.4) is 0 Å². The lowest BCUT2D eigenvalue weighted by Gasteiger charge is -2.62. The monoisotopic (exact) mass is 616 g/mol. The minimum atomic E-state index is 0.234. The second-order valence-corrected chi connectivity index (χ2v) is 18.8. The van der Waals surface area contributed by atoms with Gasteiger partial charge in [0.15, 0.2) is 0 Å². The smallest absolute Gasteiger partial charge is 0.0286 e. The van der Waals surface area contributed by atoms with Crippen LogP contribution in [-0.2, 0) is 18.3 Å². The van der Waals surface area contributed by atoms with E-state index in [4.69, 9.17) is 0 Å². The van der Waals surface area contributed by atoms with Crippen molar-refractivity contribution in [2.45, 2.75) is 74.0 Å². The number of hydrogen-bond donors (Lipinski definition) is 0. The van der Waals surface area contributed by atoms with Gasteiger partial charge in [-0.3, -0.25) is 0 Å². The number of fused-ring (bicyclic) bond motifs is 5. The summed E-state index contributed by atoms with van der Waals surface area (Å²) in [5.74, 6) is 3.80. The molecule has 0 radical (unpaired) electrons. The lowest BCUT2D eigenvalue weighted by atomic mass is 9.39. The van der Waals surface area contributed by atoms with E-state index in [9.17, 15) is 0 Å². The lowest BCUT2D eigenvalue weighted by Crippen LogP contribution is -2.60. The third kappa shape index (κ3) is 1.44. The predicted molar refractivity (Wildman–Crippen MR) is 197 cm³/mol. The largest absolute Gasteiger partial charge is 0.0796 e. The van der Waals surface area contributed by atoms with Crippen molar-refractivity contribution in [3.63, 3.8) is 0 Å². The van der Waals surface area contributed by atoms with Crippen molar-refractivity contribution >= 4 is 81.9 Å². The van der Waals surface area contributed by atoms with E-state index < -0.39 is 0 Å². The highest BCUT2D eigenvalue weighted by Gasteiger charge is 2.82. The van der Waals surface area contributed by atoms with Crippen molar-refractivity contribution in [2.24, 2.45) is 17.3 Å². The number of hydrogen-bond acceptors (Lipinski definition) is 0. The summed E-state index contributed by atoms with van der Waals surface area (Å²) in [5, 5.41) is 26.1. The molecular formula is C49H28. The third-order valence-corrected chi connectivity index (χ3v) is 18.8. The van der Waals surface area contributed by atoms with Crippen LogP contribution < -0.4 is 15.7 Å². The van der Waals surface area contributed by atoms with E-state index >= 15 is 0 Å². The molecular weight excluding hydrogens is 589 g/mol. The molecule has 0 amide bonds. The van der Waals surface area contributed by atoms with E-state index in [-0.39, 0.29) is 10.8 Å². The molecule has 0 nitrogen and oxygen atoms in total. The Morgan fingerprint density at radius 2 is 1.41 bits per heavy atom. The Balaban J connectivity index is 1.27. The molecule has 8 aromatic carbocycles. The fraction of sp³-hybridized carbons (Fsp3) is 0.306. The van der Waals surface area contributed by atoms with Gasteiger partial charge in [0.05, 0.1) is 0 Å². The third-order valence-electron chi connectivity index (χ3n) is 18.8. The number of benzene rings is 5. The van der Waals surface area contributed by atoms with Crippen molar-refractivity contribution < 1.29 is 0 Å². The van der Waals surface area contributed by atoms with Crippen molar-refractivity contribution in [1.29, 1.82) is 0 Å². The quantitative estimate of drug-likeness (QED) is 0.118. The summed E-state index contributed by atoms with van der Waals surface area (Å²) in [7, 11) is 0. The van der Waals surface area contributed by atoms with Crippen molar-refractivity contribution in [2.75, 3.05) is 0 Å². The summed E-state index contributed by atoms with van der Waals surface area (Å²) < 4.78 is 0. The summed E-state index contributed by atoms with van der Waals surface area (Å²) in [4.78, 5) is 0. The van der Waals surface area contributed by atoms with E-state index in [1.807, 2.05) is 43.7 Å². The van der Waals surface area contributed by atoms with E-state index in [1.54, 1.807) is 97.8 Å². The normalized spacial score (nSPS) is 36.8. The SMILES string of the molecule is C1=C2C3C4=c5c6c7c8c9c(c%10c%11c%12c%13c%14c(ccc%15c(c3c(c5c%13c6c%119)c%15%14)C1)C%12CC=%10)CCC=8C1CCC2C42[C@H]3C[C@H](c4ccccc43)C712. The summed E-state index contributed by atoms with van der Waals surface area (Å²) >= 11 is 0. The molecule has 0 heterocycles. The van der Waals surface area contributed by atoms with Crippen LogP contribution in [0, 0.1) is 17.3 Å². The van der Waals surface area contributed by atoms with Gasteiger partial charge < -0.3 is 0 Å². The van der Waals surface area contributed by atoms with Crippen LogP contribution >= 0.6 is 0 Å². The van der Waals surface area contributed by atoms with Crippen molar-refractivity contribution in [1.82, 2.24) is 0 Å². The average molecular weight is 617 g/mol. The molecule has 3 fully saturated rings. The maximum absolute atomic E-state index is 2.85. The second-order valence-electron chi connectivity index (χ2n) is 18.8. The highest BCUT2D eigenvalue weighted by Crippen LogP contribution is 2.89. The Bertz CT molecular complexity index is 3510. The molecule has 8 aromatic rings. The maximum atomic E-state index is 2.85. The van der Waals surface area contributed by atoms with Gasteiger partial charge in [0.2, 0.25) is 0 Å². The summed E-state index contributed by atoms with van der Waals surface area (Å²) in [6.45, 7) is 0. The average Bonchev–Trinajstić information content (AvgIpc) is 3.99. The highest BCUT2D eigenvalue weighted by molar-refractivity contribution is 6.48. The zero-order chi connectivity index (χ0) is 30.1. The molecule has 2 spiro atoms. The molecule has 0 heteroatoms. The molecule has 0 aliphatic heterocycles. The van der Waals surface area contributed by atoms with Gasteiger partial charge in [-0.25, -0.2) is 0 Å². The second kappa shape index (κ2) is 5.62. The summed E-state index contributed by atoms with van der Waals surface area (Å²) in [6, 6.07) is 15.2. The van der Waals surface area contributed by atoms with Crippen molar-refractivity contribution in [3.8, 4) is 0 Å². The van der Waals surface area contributed by atoms with Gasteiger partial charge in [-0.05, 0) is 199 Å². The van der Waals surface area contributed by atoms with Gasteiger partial charge in [-0.2, -0.15) is 0 Å². The predicted octanol–water partition coefficient (Wildman–Crippen LogP) is 8.67. The molecule has 2 bridgehead atoms. The van der Waals surface area contributed by atoms with E-state index in [0.29, 0.717) is 29.6 Å². The number of aryl methyl sites for hydroxylation is 1. The van der Waals surface area contributed by atoms with Gasteiger partial charge in [-0.1, -0.05) is 59.7 Å². The Morgan fingerprint density at radius 1 is 0.571 bits per heavy atom. The molecule has 3 saturated carbocycles. The minimum absolute atomic E-state index is 0.234. The van der Waals surface area contributed by atoms with Crippen molar-refractivity contribution in [3.05, 3.63) is 108 Å². The number of rotatable bonds is 0. The van der Waals surface area contributed by atoms with Gasteiger partial charge in [0.25, 0.3) is 0 Å². The van der Waals surface area contributed by atoms with Crippen LogP contribution in [0.25, 0.3) is 81.9 Å². The molecule has 6 unspecified atom stereocenters. The van der Waals surface area contributed by atoms with Crippen LogP contribution in [0.15, 0.2) is 48.0 Å². The van der Waals surface area contributed by atoms with Gasteiger partial charge in [0.1, 0.15) is 0 Å². The van der Waals surface area contributed by atoms with Gasteiger partial charge >= 0.3 is 0 Å². The number of allylic oxidation sites excluding steroid dienone is 2. The molecule has 224 valence electrons. The zero-order valence-electron chi connectivity index (χ0n) is 27.0. The zero-order valence-corrected chi connectivity index (χ0v) is 27.0. The Morgan fingerprint density at radius 3 is 2.35 bits per heavy atom. The van der Waals surface area contributed by atoms with Crippen LogP contribution in [0.5, 0.6) is 0 Å². The molecule has 0 N–H and O–H groups in total. The fourth-order valence-corrected chi connectivity index (χ4v) is 18.7. The van der Waals surface area contributed by atoms with E-state index in [2.05, 4.69) is 48.6 Å². The maximum Gasteiger partial charge on any atom is 0.0286 e. The molecule has 0 aromatic heterocycles. The topological polar surface area (TPSA) is 0 Å². The first kappa shape index (κ1) is 21.6. The summed E-state index contributed by atoms with van der Waals surface area (Å²) in [5.41, 5.74) is 20.5. The standard InChI is InChI=1S/C49H28/c1-2-4-17-16(3-1)28-15-29(17)49-27-14-13-26-24-11-9-22-20-7-5-18-19-6-8-21-23-10-12-25(27)37-35(23)40-33(21)31(19)38-30(18)32(20)39-34(22)36(24)46(48(26,28)49)44-42(39)41(38)43(40)45(44)47(37)49/h1-5,7-8,11,19,26-29,36H,6,9-10,12-15H2/t19?,26?,27?,28-,29+,36?,48?,49?/m0/s1. The van der Waals surface area contributed by atoms with Gasteiger partial charge in [-0.15, -0.1) is 0 Å². The first-order valence-corrected chi connectivity index (χ1v) is 19.7. The fourth-order valence-electron chi connectivity index (χ4n) is 18.7. The van der Waals surface area contributed by atoms with Crippen LogP contribution in [-0.4, -0.2) is 0 Å². The lowest BCUT2D eigenvalue weighted by molar-refractivity contribution is 0.0474. The van der Waals surface area contributed by atoms with Gasteiger partial charge in [0, 0.05) is 22.7 Å². The molecule has 49 heavy (non-hydrogen) atoms. The minimum Gasteiger partial charge on any atom is -0.0796 e. The molecule has 12 aliphatic rings. The Hall–Kier alpha value is -4.42. The molecule has 8 atom stereocenters. The first-order chi connectivity index (χ1) is 24.4. The Kier molecular flexibility index (Phi) is 2.48. The van der Waals surface area contributed by atoms with Crippen LogP contribution in [0.1, 0.15) is 100 Å².